The zero-order chi connectivity index (χ0) is 33.3. The van der Waals surface area contributed by atoms with Gasteiger partial charge in [-0.25, -0.2) is 4.48 Å². The molecule has 47 heavy (non-hydrogen) atoms. The van der Waals surface area contributed by atoms with E-state index in [0.717, 1.165) is 17.8 Å². The van der Waals surface area contributed by atoms with E-state index in [2.05, 4.69) is 207 Å². The minimum atomic E-state index is -1.53. The Balaban J connectivity index is 0.000000164. The Morgan fingerprint density at radius 1 is 0.447 bits per heavy atom. The summed E-state index contributed by atoms with van der Waals surface area (Å²) < 4.78 is 6.79. The van der Waals surface area contributed by atoms with Crippen molar-refractivity contribution in [2.24, 2.45) is 0 Å². The molecule has 1 unspecified atom stereocenters. The number of fused-ring (bicyclic) bond motifs is 2. The number of para-hydroxylation sites is 5. The monoisotopic (exact) mass is 654 g/mol. The van der Waals surface area contributed by atoms with Crippen molar-refractivity contribution in [2.45, 2.75) is 39.3 Å². The lowest BCUT2D eigenvalue weighted by atomic mass is 10.1. The van der Waals surface area contributed by atoms with Gasteiger partial charge in [-0.1, -0.05) is 78.9 Å². The first-order valence-corrected chi connectivity index (χ1v) is 23.7. The van der Waals surface area contributed by atoms with E-state index >= 15 is 0 Å². The molecule has 2 aliphatic heterocycles. The summed E-state index contributed by atoms with van der Waals surface area (Å²) in [6.45, 7) is 17.2. The third-order valence-electron chi connectivity index (χ3n) is 10.00. The van der Waals surface area contributed by atoms with Crippen LogP contribution in [-0.4, -0.2) is 58.4 Å². The fourth-order valence-electron chi connectivity index (χ4n) is 7.78. The highest BCUT2D eigenvalue weighted by molar-refractivity contribution is 6.95. The van der Waals surface area contributed by atoms with Crippen molar-refractivity contribution in [3.05, 3.63) is 151 Å². The zero-order valence-corrected chi connectivity index (χ0v) is 31.1. The highest BCUT2D eigenvalue weighted by atomic mass is 28.4. The molecular formula is C41H50N4Si2+4. The van der Waals surface area contributed by atoms with E-state index in [4.69, 9.17) is 0 Å². The Kier molecular flexibility index (Phi) is 8.89. The summed E-state index contributed by atoms with van der Waals surface area (Å²) in [5, 5.41) is 0. The molecule has 0 fully saturated rings. The smallest absolute Gasteiger partial charge is 0.285 e. The quantitative estimate of drug-likeness (QED) is 0.101. The first-order chi connectivity index (χ1) is 22.4. The van der Waals surface area contributed by atoms with Gasteiger partial charge in [-0.05, 0) is 69.6 Å². The number of hydrogen-bond donors (Lipinski definition) is 0. The Morgan fingerprint density at radius 3 is 1.32 bits per heavy atom. The molecule has 5 aromatic carbocycles. The van der Waals surface area contributed by atoms with Crippen LogP contribution >= 0.6 is 0 Å². The molecule has 1 atom stereocenters. The maximum atomic E-state index is 2.54. The van der Waals surface area contributed by atoms with E-state index in [1.807, 2.05) is 0 Å². The molecule has 0 radical (unpaired) electrons. The second kappa shape index (κ2) is 12.8. The first-order valence-electron chi connectivity index (χ1n) is 16.8. The Morgan fingerprint density at radius 2 is 0.830 bits per heavy atom. The van der Waals surface area contributed by atoms with Crippen LogP contribution in [0.4, 0.5) is 28.4 Å². The third kappa shape index (κ3) is 6.14. The number of benzene rings is 5. The fraction of sp³-hybridized carbons (Fsp3) is 0.220. The lowest BCUT2D eigenvalue weighted by molar-refractivity contribution is -0.456. The molecule has 0 N–H and O–H groups in total. The lowest BCUT2D eigenvalue weighted by Gasteiger charge is -2.55. The van der Waals surface area contributed by atoms with Gasteiger partial charge in [0.1, 0.15) is 11.4 Å². The second-order valence-electron chi connectivity index (χ2n) is 14.9. The highest BCUT2D eigenvalue weighted by Gasteiger charge is 2.58. The van der Waals surface area contributed by atoms with Gasteiger partial charge in [0, 0.05) is 30.3 Å². The van der Waals surface area contributed by atoms with Gasteiger partial charge in [0.15, 0.2) is 18.1 Å². The second-order valence-corrected chi connectivity index (χ2v) is 25.6. The van der Waals surface area contributed by atoms with Crippen molar-refractivity contribution >= 4 is 57.3 Å². The van der Waals surface area contributed by atoms with E-state index in [0.29, 0.717) is 0 Å². The van der Waals surface area contributed by atoms with Crippen LogP contribution in [0.25, 0.3) is 0 Å². The van der Waals surface area contributed by atoms with Gasteiger partial charge in [-0.15, -0.1) is 4.58 Å². The molecule has 0 saturated carbocycles. The minimum Gasteiger partial charge on any atom is -0.355 e. The molecule has 2 aliphatic rings. The van der Waals surface area contributed by atoms with E-state index in [-0.39, 0.29) is 0 Å². The summed E-state index contributed by atoms with van der Waals surface area (Å²) in [5.41, 5.74) is 9.36. The van der Waals surface area contributed by atoms with Crippen LogP contribution < -0.4 is 8.30 Å². The summed E-state index contributed by atoms with van der Waals surface area (Å²) in [7, 11) is -0.772. The van der Waals surface area contributed by atoms with Crippen LogP contribution in [0.3, 0.4) is 0 Å². The normalized spacial score (nSPS) is 18.4. The summed E-state index contributed by atoms with van der Waals surface area (Å²) in [6, 6.07) is 49.9. The maximum Gasteiger partial charge on any atom is 0.285 e. The minimum absolute atomic E-state index is 0.766. The molecule has 2 heterocycles. The van der Waals surface area contributed by atoms with Crippen molar-refractivity contribution in [1.82, 2.24) is 8.30 Å². The number of quaternary nitrogens is 2. The Bertz CT molecular complexity index is 1890. The highest BCUT2D eigenvalue weighted by Crippen LogP contribution is 2.42. The SMILES string of the molecule is C[N+]1(c2ccccc2)C[N+](c2ccccc2)=Cc2ccccc21.C[Si](C)(C)[N+]1([Si](C)(C)C)C[N+](c2ccccc2)=Cc2ccccc21. The zero-order valence-electron chi connectivity index (χ0n) is 29.1. The molecule has 4 nitrogen and oxygen atoms in total. The van der Waals surface area contributed by atoms with Gasteiger partial charge >= 0.3 is 0 Å². The number of hydrogen-bond acceptors (Lipinski definition) is 0. The van der Waals surface area contributed by atoms with Gasteiger partial charge < -0.3 is 3.81 Å². The van der Waals surface area contributed by atoms with Crippen molar-refractivity contribution in [3.8, 4) is 0 Å². The van der Waals surface area contributed by atoms with Crippen LogP contribution in [0.1, 0.15) is 11.1 Å². The van der Waals surface area contributed by atoms with Crippen LogP contribution in [0.5, 0.6) is 0 Å². The molecule has 0 aliphatic carbocycles. The molecule has 0 spiro atoms. The Hall–Kier alpha value is -4.21. The predicted molar refractivity (Wildman–Crippen MR) is 208 cm³/mol. The van der Waals surface area contributed by atoms with Crippen LogP contribution in [0, 0.1) is 0 Å². The van der Waals surface area contributed by atoms with Crippen molar-refractivity contribution in [3.63, 3.8) is 0 Å². The van der Waals surface area contributed by atoms with E-state index < -0.39 is 16.5 Å². The molecule has 238 valence electrons. The van der Waals surface area contributed by atoms with E-state index in [9.17, 15) is 0 Å². The predicted octanol–water partition coefficient (Wildman–Crippen LogP) is 10.1. The lowest BCUT2D eigenvalue weighted by Crippen LogP contribution is -2.78. The van der Waals surface area contributed by atoms with Gasteiger partial charge in [-0.3, -0.25) is 0 Å². The van der Waals surface area contributed by atoms with Gasteiger partial charge in [0.25, 0.3) is 23.1 Å². The summed E-state index contributed by atoms with van der Waals surface area (Å²) >= 11 is 0. The molecule has 6 heteroatoms. The third-order valence-corrected chi connectivity index (χ3v) is 19.4. The number of rotatable bonds is 5. The molecule has 0 amide bonds. The molecule has 7 rings (SSSR count). The standard InChI is InChI=1S/C21H20N2.C20H30N2Si2/c1-23(20-13-6-3-7-14-20)17-22(19-11-4-2-5-12-19)16-18-10-8-9-15-21(18)23;1-23(2,3)22(24(4,5)6)17-21(19-13-8-7-9-14-19)16-18-12-10-11-15-20(18)22/h2-16H,17H2,1H3;7-16H,17H2,1-6H3/q2*+2. The molecule has 0 aromatic heterocycles. The van der Waals surface area contributed by atoms with Crippen molar-refractivity contribution in [2.75, 3.05) is 20.4 Å². The van der Waals surface area contributed by atoms with Crippen molar-refractivity contribution < 1.29 is 9.15 Å². The average Bonchev–Trinajstić information content (AvgIpc) is 3.08. The molecule has 5 aromatic rings. The topological polar surface area (TPSA) is 6.02 Å². The summed E-state index contributed by atoms with van der Waals surface area (Å²) in [6.07, 6.45) is 4.61. The van der Waals surface area contributed by atoms with Crippen molar-refractivity contribution in [1.29, 1.82) is 0 Å². The van der Waals surface area contributed by atoms with E-state index in [1.165, 1.54) is 37.7 Å². The largest absolute Gasteiger partial charge is 0.355 e. The molecule has 0 bridgehead atoms. The van der Waals surface area contributed by atoms with Gasteiger partial charge in [0.2, 0.25) is 18.0 Å². The summed E-state index contributed by atoms with van der Waals surface area (Å²) in [4.78, 5) is 0. The fourth-order valence-corrected chi connectivity index (χ4v) is 18.8. The molecular weight excluding hydrogens is 605 g/mol. The average molecular weight is 655 g/mol. The van der Waals surface area contributed by atoms with Gasteiger partial charge in [-0.2, -0.15) is 4.58 Å². The van der Waals surface area contributed by atoms with Crippen LogP contribution in [0.2, 0.25) is 39.3 Å². The first kappa shape index (κ1) is 32.7. The number of nitrogens with zero attached hydrogens (tertiary/aromatic N) is 4. The summed E-state index contributed by atoms with van der Waals surface area (Å²) in [5.74, 6) is 0. The molecule has 0 saturated heterocycles. The van der Waals surface area contributed by atoms with Gasteiger partial charge in [0.05, 0.1) is 18.2 Å². The van der Waals surface area contributed by atoms with Crippen LogP contribution in [-0.2, 0) is 0 Å². The van der Waals surface area contributed by atoms with Crippen LogP contribution in [0.15, 0.2) is 140 Å². The Labute approximate surface area is 284 Å². The van der Waals surface area contributed by atoms with E-state index in [1.54, 1.807) is 5.69 Å². The maximum absolute atomic E-state index is 2.54.